The van der Waals surface area contributed by atoms with Crippen molar-refractivity contribution in [2.75, 3.05) is 26.2 Å². The van der Waals surface area contributed by atoms with Gasteiger partial charge in [0.05, 0.1) is 40.5 Å². The third-order valence-electron chi connectivity index (χ3n) is 8.16. The maximum Gasteiger partial charge on any atom is 0.321 e. The minimum atomic E-state index is -4.05. The number of sulfonamides is 1. The Bertz CT molecular complexity index is 1650. The number of thiazole rings is 1. The molecule has 4 rings (SSSR count). The molecule has 1 saturated heterocycles. The van der Waals surface area contributed by atoms with Crippen LogP contribution in [0.4, 0.5) is 4.79 Å². The number of oxime groups is 1. The predicted octanol–water partition coefficient (Wildman–Crippen LogP) is 3.96. The first-order valence-corrected chi connectivity index (χ1v) is 18.4. The molecule has 1 aliphatic rings. The van der Waals surface area contributed by atoms with E-state index in [1.54, 1.807) is 9.80 Å². The Labute approximate surface area is 287 Å². The van der Waals surface area contributed by atoms with Crippen LogP contribution in [0.1, 0.15) is 49.5 Å². The first kappa shape index (κ1) is 37.0. The van der Waals surface area contributed by atoms with Crippen LogP contribution >= 0.6 is 11.3 Å². The van der Waals surface area contributed by atoms with Gasteiger partial charge in [-0.05, 0) is 48.4 Å². The van der Waals surface area contributed by atoms with E-state index in [1.807, 2.05) is 70.3 Å². The molecular formula is C34H46N6O6S2. The SMILES string of the molecule is Cc1nc(CN2CCN([C@H](C(=O)N[C@@H](Cc3ccccc3)[C@H](O)CN(CC(C)C)S(=O)(=O)c3ccc(/C=N\O)cc3)C(C)C)C2=O)cs1. The molecule has 0 unspecified atom stereocenters. The third kappa shape index (κ3) is 9.40. The summed E-state index contributed by atoms with van der Waals surface area (Å²) in [4.78, 5) is 35.3. The van der Waals surface area contributed by atoms with Gasteiger partial charge in [-0.15, -0.1) is 11.3 Å². The zero-order valence-electron chi connectivity index (χ0n) is 28.1. The van der Waals surface area contributed by atoms with E-state index in [1.165, 1.54) is 46.1 Å². The zero-order chi connectivity index (χ0) is 35.0. The van der Waals surface area contributed by atoms with Crippen molar-refractivity contribution in [2.24, 2.45) is 17.0 Å². The minimum absolute atomic E-state index is 0.0267. The summed E-state index contributed by atoms with van der Waals surface area (Å²) in [5, 5.41) is 29.4. The van der Waals surface area contributed by atoms with Crippen molar-refractivity contribution in [1.82, 2.24) is 24.4 Å². The molecule has 2 heterocycles. The van der Waals surface area contributed by atoms with E-state index in [0.717, 1.165) is 16.3 Å². The van der Waals surface area contributed by atoms with Crippen LogP contribution in [0, 0.1) is 18.8 Å². The number of hydrogen-bond donors (Lipinski definition) is 3. The summed E-state index contributed by atoms with van der Waals surface area (Å²) in [5.74, 6) is -0.705. The molecule has 3 amide bonds. The fourth-order valence-corrected chi connectivity index (χ4v) is 8.09. The van der Waals surface area contributed by atoms with E-state index in [4.69, 9.17) is 5.21 Å². The van der Waals surface area contributed by atoms with Gasteiger partial charge in [0, 0.05) is 31.6 Å². The van der Waals surface area contributed by atoms with Gasteiger partial charge in [-0.2, -0.15) is 4.31 Å². The highest BCUT2D eigenvalue weighted by atomic mass is 32.2. The van der Waals surface area contributed by atoms with Gasteiger partial charge in [0.15, 0.2) is 0 Å². The van der Waals surface area contributed by atoms with Crippen LogP contribution in [-0.4, -0.2) is 100 Å². The summed E-state index contributed by atoms with van der Waals surface area (Å²) in [5.41, 5.74) is 2.18. The number of aliphatic hydroxyl groups excluding tert-OH is 1. The summed E-state index contributed by atoms with van der Waals surface area (Å²) >= 11 is 1.52. The number of aryl methyl sites for hydroxylation is 1. The number of rotatable bonds is 16. The largest absolute Gasteiger partial charge is 0.411 e. The molecule has 0 bridgehead atoms. The van der Waals surface area contributed by atoms with Crippen molar-refractivity contribution in [3.63, 3.8) is 0 Å². The summed E-state index contributed by atoms with van der Waals surface area (Å²) in [6.07, 6.45) is 0.157. The molecule has 0 spiro atoms. The maximum absolute atomic E-state index is 14.1. The summed E-state index contributed by atoms with van der Waals surface area (Å²) < 4.78 is 28.9. The first-order chi connectivity index (χ1) is 22.8. The molecule has 0 saturated carbocycles. The molecule has 3 N–H and O–H groups in total. The average Bonchev–Trinajstić information content (AvgIpc) is 3.61. The van der Waals surface area contributed by atoms with Gasteiger partial charge in [0.25, 0.3) is 0 Å². The molecule has 3 atom stereocenters. The molecule has 3 aromatic rings. The highest BCUT2D eigenvalue weighted by Crippen LogP contribution is 2.23. The van der Waals surface area contributed by atoms with E-state index in [9.17, 15) is 23.1 Å². The van der Waals surface area contributed by atoms with Crippen molar-refractivity contribution >= 4 is 39.5 Å². The van der Waals surface area contributed by atoms with Crippen LogP contribution in [0.5, 0.6) is 0 Å². The lowest BCUT2D eigenvalue weighted by Crippen LogP contribution is -2.57. The monoisotopic (exact) mass is 698 g/mol. The Balaban J connectivity index is 1.57. The first-order valence-electron chi connectivity index (χ1n) is 16.1. The quantitative estimate of drug-likeness (QED) is 0.116. The van der Waals surface area contributed by atoms with Crippen molar-refractivity contribution in [3.8, 4) is 0 Å². The van der Waals surface area contributed by atoms with Crippen molar-refractivity contribution in [3.05, 3.63) is 81.8 Å². The second-order valence-corrected chi connectivity index (χ2v) is 15.8. The summed E-state index contributed by atoms with van der Waals surface area (Å²) in [6, 6.07) is 13.3. The lowest BCUT2D eigenvalue weighted by Gasteiger charge is -2.34. The number of benzene rings is 2. The van der Waals surface area contributed by atoms with Gasteiger partial charge < -0.3 is 25.4 Å². The van der Waals surface area contributed by atoms with Gasteiger partial charge in [-0.1, -0.05) is 75.3 Å². The van der Waals surface area contributed by atoms with E-state index < -0.39 is 34.1 Å². The lowest BCUT2D eigenvalue weighted by atomic mass is 9.97. The number of amides is 3. The molecule has 0 radical (unpaired) electrons. The Morgan fingerprint density at radius 3 is 2.35 bits per heavy atom. The van der Waals surface area contributed by atoms with Gasteiger partial charge >= 0.3 is 6.03 Å². The smallest absolute Gasteiger partial charge is 0.321 e. The van der Waals surface area contributed by atoms with Gasteiger partial charge in [0.1, 0.15) is 6.04 Å². The van der Waals surface area contributed by atoms with Crippen LogP contribution in [0.2, 0.25) is 0 Å². The Hall–Kier alpha value is -3.85. The van der Waals surface area contributed by atoms with Crippen LogP contribution < -0.4 is 5.32 Å². The van der Waals surface area contributed by atoms with Crippen LogP contribution in [0.15, 0.2) is 70.0 Å². The molecule has 0 aliphatic carbocycles. The van der Waals surface area contributed by atoms with Gasteiger partial charge in [0.2, 0.25) is 15.9 Å². The van der Waals surface area contributed by atoms with E-state index in [2.05, 4.69) is 15.5 Å². The van der Waals surface area contributed by atoms with E-state index >= 15 is 0 Å². The number of nitrogens with one attached hydrogen (secondary N) is 1. The number of hydrogen-bond acceptors (Lipinski definition) is 9. The number of aromatic nitrogens is 1. The van der Waals surface area contributed by atoms with Gasteiger partial charge in [-0.3, -0.25) is 4.79 Å². The van der Waals surface area contributed by atoms with Gasteiger partial charge in [-0.25, -0.2) is 18.2 Å². The Morgan fingerprint density at radius 2 is 1.77 bits per heavy atom. The topological polar surface area (TPSA) is 156 Å². The van der Waals surface area contributed by atoms with Crippen LogP contribution in [0.3, 0.4) is 0 Å². The molecule has 1 aromatic heterocycles. The van der Waals surface area contributed by atoms with Crippen LogP contribution in [-0.2, 0) is 27.8 Å². The molecule has 260 valence electrons. The second-order valence-electron chi connectivity index (χ2n) is 12.8. The summed E-state index contributed by atoms with van der Waals surface area (Å²) in [6.45, 7) is 10.5. The van der Waals surface area contributed by atoms with Crippen molar-refractivity contribution in [1.29, 1.82) is 0 Å². The summed E-state index contributed by atoms with van der Waals surface area (Å²) in [7, 11) is -4.05. The molecule has 1 aliphatic heterocycles. The van der Waals surface area contributed by atoms with Crippen LogP contribution in [0.25, 0.3) is 0 Å². The molecule has 14 heteroatoms. The molecule has 1 fully saturated rings. The normalized spacial score (nSPS) is 16.0. The van der Waals surface area contributed by atoms with Crippen molar-refractivity contribution in [2.45, 2.75) is 70.7 Å². The molecule has 12 nitrogen and oxygen atoms in total. The van der Waals surface area contributed by atoms with E-state index in [-0.39, 0.29) is 42.3 Å². The highest BCUT2D eigenvalue weighted by molar-refractivity contribution is 7.89. The molecule has 2 aromatic carbocycles. The maximum atomic E-state index is 14.1. The number of carbonyl (C=O) groups excluding carboxylic acids is 2. The predicted molar refractivity (Wildman–Crippen MR) is 185 cm³/mol. The minimum Gasteiger partial charge on any atom is -0.411 e. The van der Waals surface area contributed by atoms with Crippen molar-refractivity contribution < 1.29 is 28.3 Å². The standard InChI is InChI=1S/C34H46N6O6S2/c1-23(2)19-39(48(45,46)29-13-11-27(12-14-29)18-35-44)21-31(41)30(17-26-9-7-6-8-10-26)37-33(42)32(24(3)4)40-16-15-38(34(40)43)20-28-22-47-25(5)36-28/h6-14,18,22-24,30-32,41,44H,15-17,19-21H2,1-5H3,(H,37,42)/b35-18-/t30-,31+,32-/m0/s1. The molecular weight excluding hydrogens is 653 g/mol. The zero-order valence-corrected chi connectivity index (χ0v) is 29.7. The number of aliphatic hydroxyl groups is 1. The average molecular weight is 699 g/mol. The number of urea groups is 1. The fourth-order valence-electron chi connectivity index (χ4n) is 5.86. The lowest BCUT2D eigenvalue weighted by molar-refractivity contribution is -0.128. The Kier molecular flexibility index (Phi) is 12.7. The Morgan fingerprint density at radius 1 is 1.08 bits per heavy atom. The third-order valence-corrected chi connectivity index (χ3v) is 10.8. The number of carbonyl (C=O) groups is 2. The fraction of sp³-hybridized carbons (Fsp3) is 0.471. The van der Waals surface area contributed by atoms with E-state index in [0.29, 0.717) is 25.2 Å². The molecule has 48 heavy (non-hydrogen) atoms. The highest BCUT2D eigenvalue weighted by Gasteiger charge is 2.40. The second kappa shape index (κ2) is 16.5. The number of nitrogens with zero attached hydrogens (tertiary/aromatic N) is 5.